The van der Waals surface area contributed by atoms with Crippen LogP contribution in [0.15, 0.2) is 54.6 Å². The molecule has 0 atom stereocenters. The Hall–Kier alpha value is -2.49. The molecular formula is C16H14FNO2. The number of hydrogen-bond acceptors (Lipinski definition) is 2. The Bertz CT molecular complexity index is 594. The van der Waals surface area contributed by atoms with Gasteiger partial charge in [-0.3, -0.25) is 9.59 Å². The number of Topliss-reactive ketones (excluding diaryl/α,β-unsaturated/α-hetero) is 1. The van der Waals surface area contributed by atoms with E-state index in [4.69, 9.17) is 0 Å². The summed E-state index contributed by atoms with van der Waals surface area (Å²) in [5, 5.41) is 2.62. The number of rotatable bonds is 5. The van der Waals surface area contributed by atoms with Crippen molar-refractivity contribution in [2.24, 2.45) is 0 Å². The molecule has 3 nitrogen and oxygen atoms in total. The predicted octanol–water partition coefficient (Wildman–Crippen LogP) is 3.43. The van der Waals surface area contributed by atoms with Crippen molar-refractivity contribution >= 4 is 17.4 Å². The lowest BCUT2D eigenvalue weighted by Crippen LogP contribution is -2.13. The minimum atomic E-state index is -0.359. The summed E-state index contributed by atoms with van der Waals surface area (Å²) in [4.78, 5) is 23.5. The molecule has 102 valence electrons. The highest BCUT2D eigenvalue weighted by molar-refractivity contribution is 5.99. The fourth-order valence-corrected chi connectivity index (χ4v) is 1.75. The van der Waals surface area contributed by atoms with Crippen molar-refractivity contribution in [3.8, 4) is 0 Å². The van der Waals surface area contributed by atoms with E-state index in [2.05, 4.69) is 5.32 Å². The van der Waals surface area contributed by atoms with Gasteiger partial charge in [-0.1, -0.05) is 30.3 Å². The Morgan fingerprint density at radius 1 is 0.900 bits per heavy atom. The molecule has 0 bridgehead atoms. The molecule has 4 heteroatoms. The summed E-state index contributed by atoms with van der Waals surface area (Å²) in [6.07, 6.45) is 0.252. The van der Waals surface area contributed by atoms with Crippen LogP contribution in [-0.2, 0) is 4.79 Å². The first-order chi connectivity index (χ1) is 9.65. The fraction of sp³-hybridized carbons (Fsp3) is 0.125. The van der Waals surface area contributed by atoms with Crippen LogP contribution < -0.4 is 5.32 Å². The third-order valence-electron chi connectivity index (χ3n) is 2.80. The van der Waals surface area contributed by atoms with Crippen molar-refractivity contribution in [1.82, 2.24) is 0 Å². The van der Waals surface area contributed by atoms with Crippen molar-refractivity contribution in [3.05, 3.63) is 66.0 Å². The second kappa shape index (κ2) is 6.61. The number of hydrogen-bond donors (Lipinski definition) is 1. The smallest absolute Gasteiger partial charge is 0.224 e. The summed E-state index contributed by atoms with van der Waals surface area (Å²) >= 11 is 0. The highest BCUT2D eigenvalue weighted by Crippen LogP contribution is 2.10. The van der Waals surface area contributed by atoms with Crippen LogP contribution in [0.4, 0.5) is 10.1 Å². The van der Waals surface area contributed by atoms with Gasteiger partial charge < -0.3 is 5.32 Å². The Balaban J connectivity index is 1.83. The van der Waals surface area contributed by atoms with Crippen molar-refractivity contribution in [2.45, 2.75) is 12.8 Å². The van der Waals surface area contributed by atoms with Crippen LogP contribution in [0.2, 0.25) is 0 Å². The minimum Gasteiger partial charge on any atom is -0.326 e. The lowest BCUT2D eigenvalue weighted by atomic mass is 10.1. The molecule has 1 amide bonds. The van der Waals surface area contributed by atoms with E-state index < -0.39 is 0 Å². The van der Waals surface area contributed by atoms with Gasteiger partial charge in [-0.15, -0.1) is 0 Å². The van der Waals surface area contributed by atoms with Crippen molar-refractivity contribution < 1.29 is 14.0 Å². The molecule has 0 heterocycles. The maximum Gasteiger partial charge on any atom is 0.224 e. The number of carbonyl (C=O) groups excluding carboxylic acids is 2. The number of nitrogens with one attached hydrogen (secondary N) is 1. The molecular weight excluding hydrogens is 257 g/mol. The second-order valence-electron chi connectivity index (χ2n) is 4.34. The molecule has 0 saturated heterocycles. The van der Waals surface area contributed by atoms with Gasteiger partial charge in [-0.05, 0) is 24.3 Å². The van der Waals surface area contributed by atoms with Gasteiger partial charge in [0.15, 0.2) is 5.78 Å². The van der Waals surface area contributed by atoms with E-state index in [1.54, 1.807) is 24.3 Å². The Labute approximate surface area is 116 Å². The Morgan fingerprint density at radius 3 is 2.20 bits per heavy atom. The number of carbonyl (C=O) groups is 2. The summed E-state index contributed by atoms with van der Waals surface area (Å²) in [6.45, 7) is 0. The van der Waals surface area contributed by atoms with Crippen LogP contribution in [-0.4, -0.2) is 11.7 Å². The first-order valence-corrected chi connectivity index (χ1v) is 6.29. The van der Waals surface area contributed by atoms with Gasteiger partial charge in [-0.2, -0.15) is 0 Å². The number of anilines is 1. The number of halogens is 1. The zero-order chi connectivity index (χ0) is 14.4. The number of ketones is 1. The maximum atomic E-state index is 12.7. The lowest BCUT2D eigenvalue weighted by Gasteiger charge is -2.05. The molecule has 2 rings (SSSR count). The molecule has 0 aromatic heterocycles. The highest BCUT2D eigenvalue weighted by Gasteiger charge is 2.09. The first-order valence-electron chi connectivity index (χ1n) is 6.29. The van der Waals surface area contributed by atoms with Gasteiger partial charge in [0.1, 0.15) is 5.82 Å². The normalized spacial score (nSPS) is 10.1. The van der Waals surface area contributed by atoms with E-state index in [0.717, 1.165) is 0 Å². The summed E-state index contributed by atoms with van der Waals surface area (Å²) in [5.41, 5.74) is 1.12. The third-order valence-corrected chi connectivity index (χ3v) is 2.80. The average Bonchev–Trinajstić information content (AvgIpc) is 2.48. The molecule has 0 aliphatic rings. The van der Waals surface area contributed by atoms with E-state index in [9.17, 15) is 14.0 Å². The van der Waals surface area contributed by atoms with Crippen molar-refractivity contribution in [3.63, 3.8) is 0 Å². The van der Waals surface area contributed by atoms with Gasteiger partial charge in [0.05, 0.1) is 0 Å². The van der Waals surface area contributed by atoms with E-state index in [1.165, 1.54) is 24.3 Å². The summed E-state index contributed by atoms with van der Waals surface area (Å²) in [6, 6.07) is 14.3. The standard InChI is InChI=1S/C16H14FNO2/c17-13-6-8-14(9-7-13)18-16(20)11-10-15(19)12-4-2-1-3-5-12/h1-9H,10-11H2,(H,18,20). The van der Waals surface area contributed by atoms with E-state index in [-0.39, 0.29) is 30.3 Å². The average molecular weight is 271 g/mol. The molecule has 0 unspecified atom stereocenters. The monoisotopic (exact) mass is 271 g/mol. The largest absolute Gasteiger partial charge is 0.326 e. The van der Waals surface area contributed by atoms with E-state index >= 15 is 0 Å². The summed E-state index contributed by atoms with van der Waals surface area (Å²) in [7, 11) is 0. The molecule has 1 N–H and O–H groups in total. The van der Waals surface area contributed by atoms with Crippen LogP contribution >= 0.6 is 0 Å². The highest BCUT2D eigenvalue weighted by atomic mass is 19.1. The topological polar surface area (TPSA) is 46.2 Å². The first kappa shape index (κ1) is 13.9. The van der Waals surface area contributed by atoms with Gasteiger partial charge in [-0.25, -0.2) is 4.39 Å². The van der Waals surface area contributed by atoms with Crippen molar-refractivity contribution in [1.29, 1.82) is 0 Å². The zero-order valence-corrected chi connectivity index (χ0v) is 10.8. The van der Waals surface area contributed by atoms with Gasteiger partial charge in [0.25, 0.3) is 0 Å². The van der Waals surface area contributed by atoms with Gasteiger partial charge >= 0.3 is 0 Å². The lowest BCUT2D eigenvalue weighted by molar-refractivity contribution is -0.116. The zero-order valence-electron chi connectivity index (χ0n) is 10.8. The molecule has 0 radical (unpaired) electrons. The van der Waals surface area contributed by atoms with Crippen LogP contribution in [0.3, 0.4) is 0 Å². The maximum absolute atomic E-state index is 12.7. The Morgan fingerprint density at radius 2 is 1.55 bits per heavy atom. The second-order valence-corrected chi connectivity index (χ2v) is 4.34. The van der Waals surface area contributed by atoms with Crippen LogP contribution in [0.1, 0.15) is 23.2 Å². The number of benzene rings is 2. The molecule has 2 aromatic rings. The Kier molecular flexibility index (Phi) is 4.60. The summed E-state index contributed by atoms with van der Waals surface area (Å²) in [5.74, 6) is -0.692. The summed E-state index contributed by atoms with van der Waals surface area (Å²) < 4.78 is 12.7. The van der Waals surface area contributed by atoms with Crippen molar-refractivity contribution in [2.75, 3.05) is 5.32 Å². The molecule has 20 heavy (non-hydrogen) atoms. The number of amides is 1. The third kappa shape index (κ3) is 4.02. The fourth-order valence-electron chi connectivity index (χ4n) is 1.75. The van der Waals surface area contributed by atoms with Gasteiger partial charge in [0, 0.05) is 24.1 Å². The minimum absolute atomic E-state index is 0.0696. The SMILES string of the molecule is O=C(CCC(=O)c1ccccc1)Nc1ccc(F)cc1. The van der Waals surface area contributed by atoms with E-state index in [0.29, 0.717) is 11.3 Å². The molecule has 2 aromatic carbocycles. The molecule has 0 aliphatic heterocycles. The quantitative estimate of drug-likeness (QED) is 0.847. The molecule has 0 aliphatic carbocycles. The van der Waals surface area contributed by atoms with Crippen LogP contribution in [0.25, 0.3) is 0 Å². The van der Waals surface area contributed by atoms with Gasteiger partial charge in [0.2, 0.25) is 5.91 Å². The predicted molar refractivity (Wildman–Crippen MR) is 75.0 cm³/mol. The van der Waals surface area contributed by atoms with E-state index in [1.807, 2.05) is 6.07 Å². The molecule has 0 fully saturated rings. The molecule has 0 spiro atoms. The van der Waals surface area contributed by atoms with Crippen LogP contribution in [0.5, 0.6) is 0 Å². The molecule has 0 saturated carbocycles. The van der Waals surface area contributed by atoms with Crippen LogP contribution in [0, 0.1) is 5.82 Å².